The molecule has 3 N–H and O–H groups in total. The molecule has 2 aromatic rings. The van der Waals surface area contributed by atoms with Crippen molar-refractivity contribution in [2.24, 2.45) is 11.7 Å². The number of aromatic nitrogens is 1. The minimum Gasteiger partial charge on any atom is -0.369 e. The second kappa shape index (κ2) is 7.23. The molecule has 0 bridgehead atoms. The van der Waals surface area contributed by atoms with Crippen LogP contribution in [0.4, 0.5) is 0 Å². The van der Waals surface area contributed by atoms with Gasteiger partial charge in [0.15, 0.2) is 0 Å². The Hall–Kier alpha value is -1.72. The van der Waals surface area contributed by atoms with Crippen LogP contribution in [0.2, 0.25) is 0 Å². The Kier molecular flexibility index (Phi) is 5.08. The topological polar surface area (TPSA) is 60.4 Å². The van der Waals surface area contributed by atoms with Crippen molar-refractivity contribution in [2.75, 3.05) is 13.1 Å². The summed E-state index contributed by atoms with van der Waals surface area (Å²) in [5.41, 5.74) is 9.11. The zero-order valence-corrected chi connectivity index (χ0v) is 14.4. The maximum absolute atomic E-state index is 11.4. The number of thiazole rings is 1. The summed E-state index contributed by atoms with van der Waals surface area (Å²) in [4.78, 5) is 17.6. The van der Waals surface area contributed by atoms with Crippen LogP contribution in [0, 0.1) is 5.92 Å². The van der Waals surface area contributed by atoms with Crippen LogP contribution in [0.25, 0.3) is 10.6 Å². The highest BCUT2D eigenvalue weighted by Gasteiger charge is 2.27. The van der Waals surface area contributed by atoms with Crippen LogP contribution in [0.3, 0.4) is 0 Å². The minimum atomic E-state index is -0.155. The summed E-state index contributed by atoms with van der Waals surface area (Å²) in [5.74, 6) is -0.129. The molecular formula is C18H24N3OS+. The third-order valence-electron chi connectivity index (χ3n) is 4.61. The van der Waals surface area contributed by atoms with Crippen molar-refractivity contribution < 1.29 is 9.69 Å². The number of carbonyl (C=O) groups excluding carboxylic acids is 1. The standard InChI is InChI=1S/C18H23N3OS/c1-2-13-5-7-14(8-6-13)18-20-16(12-23-18)11-21-9-3-4-15(10-21)17(19)22/h5-8,12,15H,2-4,9-11H2,1H3,(H2,19,22)/p+1/t15-/m1/s1. The van der Waals surface area contributed by atoms with Gasteiger partial charge in [-0.3, -0.25) is 4.79 Å². The van der Waals surface area contributed by atoms with Crippen molar-refractivity contribution in [3.63, 3.8) is 0 Å². The summed E-state index contributed by atoms with van der Waals surface area (Å²) in [5, 5.41) is 3.22. The van der Waals surface area contributed by atoms with Crippen molar-refractivity contribution in [1.29, 1.82) is 0 Å². The van der Waals surface area contributed by atoms with Crippen LogP contribution >= 0.6 is 11.3 Å². The van der Waals surface area contributed by atoms with Gasteiger partial charge in [0.1, 0.15) is 17.2 Å². The van der Waals surface area contributed by atoms with Gasteiger partial charge in [0, 0.05) is 10.9 Å². The number of nitrogens with one attached hydrogen (secondary N) is 1. The van der Waals surface area contributed by atoms with Gasteiger partial charge in [-0.2, -0.15) is 0 Å². The number of rotatable bonds is 5. The fraction of sp³-hybridized carbons (Fsp3) is 0.444. The van der Waals surface area contributed by atoms with E-state index >= 15 is 0 Å². The van der Waals surface area contributed by atoms with Gasteiger partial charge in [0.05, 0.1) is 19.0 Å². The molecule has 0 saturated carbocycles. The Morgan fingerprint density at radius 1 is 1.39 bits per heavy atom. The number of benzene rings is 1. The molecule has 122 valence electrons. The maximum Gasteiger partial charge on any atom is 0.226 e. The Labute approximate surface area is 141 Å². The summed E-state index contributed by atoms with van der Waals surface area (Å²) >= 11 is 1.70. The van der Waals surface area contributed by atoms with E-state index in [9.17, 15) is 4.79 Å². The first-order chi connectivity index (χ1) is 11.2. The van der Waals surface area contributed by atoms with Crippen LogP contribution in [-0.2, 0) is 17.8 Å². The molecule has 0 spiro atoms. The van der Waals surface area contributed by atoms with E-state index in [1.807, 2.05) is 0 Å². The van der Waals surface area contributed by atoms with E-state index < -0.39 is 0 Å². The molecular weight excluding hydrogens is 306 g/mol. The van der Waals surface area contributed by atoms with Gasteiger partial charge < -0.3 is 10.6 Å². The molecule has 1 amide bonds. The summed E-state index contributed by atoms with van der Waals surface area (Å²) in [6.45, 7) is 4.99. The van der Waals surface area contributed by atoms with Gasteiger partial charge in [-0.1, -0.05) is 31.2 Å². The molecule has 1 fully saturated rings. The molecule has 1 unspecified atom stereocenters. The molecule has 3 rings (SSSR count). The number of primary amides is 1. The second-order valence-electron chi connectivity index (χ2n) is 6.32. The summed E-state index contributed by atoms with van der Waals surface area (Å²) < 4.78 is 0. The molecule has 2 atom stereocenters. The number of amides is 1. The third-order valence-corrected chi connectivity index (χ3v) is 5.55. The summed E-state index contributed by atoms with van der Waals surface area (Å²) in [6, 6.07) is 8.64. The van der Waals surface area contributed by atoms with Gasteiger partial charge in [-0.05, 0) is 24.8 Å². The van der Waals surface area contributed by atoms with E-state index in [0.717, 1.165) is 49.6 Å². The lowest BCUT2D eigenvalue weighted by Crippen LogP contribution is -3.12. The van der Waals surface area contributed by atoms with Gasteiger partial charge in [-0.25, -0.2) is 4.98 Å². The van der Waals surface area contributed by atoms with Crippen LogP contribution in [0.15, 0.2) is 29.6 Å². The second-order valence-corrected chi connectivity index (χ2v) is 7.17. The van der Waals surface area contributed by atoms with Crippen molar-refractivity contribution >= 4 is 17.2 Å². The highest BCUT2D eigenvalue weighted by Crippen LogP contribution is 2.24. The molecule has 1 aromatic carbocycles. The van der Waals surface area contributed by atoms with Crippen molar-refractivity contribution in [1.82, 2.24) is 4.98 Å². The molecule has 23 heavy (non-hydrogen) atoms. The lowest BCUT2D eigenvalue weighted by atomic mass is 9.97. The average Bonchev–Trinajstić information content (AvgIpc) is 3.03. The van der Waals surface area contributed by atoms with Gasteiger partial charge >= 0.3 is 0 Å². The van der Waals surface area contributed by atoms with E-state index in [0.29, 0.717) is 0 Å². The maximum atomic E-state index is 11.4. The smallest absolute Gasteiger partial charge is 0.226 e. The number of carbonyl (C=O) groups is 1. The monoisotopic (exact) mass is 330 g/mol. The first kappa shape index (κ1) is 16.1. The van der Waals surface area contributed by atoms with Crippen molar-refractivity contribution in [3.05, 3.63) is 40.9 Å². The SMILES string of the molecule is CCc1ccc(-c2nc(C[NH+]3CCC[C@@H](C(N)=O)C3)cs2)cc1. The quantitative estimate of drug-likeness (QED) is 0.876. The largest absolute Gasteiger partial charge is 0.369 e. The third kappa shape index (κ3) is 3.98. The van der Waals surface area contributed by atoms with Crippen LogP contribution < -0.4 is 10.6 Å². The number of aryl methyl sites for hydroxylation is 1. The molecule has 2 heterocycles. The van der Waals surface area contributed by atoms with E-state index in [1.165, 1.54) is 16.0 Å². The molecule has 0 radical (unpaired) electrons. The fourth-order valence-electron chi connectivity index (χ4n) is 3.21. The van der Waals surface area contributed by atoms with E-state index in [2.05, 4.69) is 36.6 Å². The predicted molar refractivity (Wildman–Crippen MR) is 93.2 cm³/mol. The summed E-state index contributed by atoms with van der Waals surface area (Å²) in [6.07, 6.45) is 3.06. The molecule has 1 aliphatic heterocycles. The highest BCUT2D eigenvalue weighted by molar-refractivity contribution is 7.13. The number of hydrogen-bond donors (Lipinski definition) is 2. The number of nitrogens with two attached hydrogens (primary N) is 1. The van der Waals surface area contributed by atoms with Crippen LogP contribution in [0.1, 0.15) is 31.0 Å². The molecule has 1 aliphatic rings. The lowest BCUT2D eigenvalue weighted by molar-refractivity contribution is -0.921. The fourth-order valence-corrected chi connectivity index (χ4v) is 4.04. The first-order valence-corrected chi connectivity index (χ1v) is 9.20. The molecule has 4 nitrogen and oxygen atoms in total. The minimum absolute atomic E-state index is 0.0263. The zero-order chi connectivity index (χ0) is 16.2. The van der Waals surface area contributed by atoms with Gasteiger partial charge in [-0.15, -0.1) is 11.3 Å². The normalized spacial score (nSPS) is 21.3. The number of piperidine rings is 1. The molecule has 0 aliphatic carbocycles. The number of nitrogens with zero attached hydrogens (tertiary/aromatic N) is 1. The predicted octanol–water partition coefficient (Wildman–Crippen LogP) is 1.65. The average molecular weight is 330 g/mol. The van der Waals surface area contributed by atoms with Crippen LogP contribution in [0.5, 0.6) is 0 Å². The Morgan fingerprint density at radius 2 is 2.17 bits per heavy atom. The highest BCUT2D eigenvalue weighted by atomic mass is 32.1. The van der Waals surface area contributed by atoms with Gasteiger partial charge in [0.25, 0.3) is 0 Å². The number of likely N-dealkylation sites (tertiary alicyclic amines) is 1. The lowest BCUT2D eigenvalue weighted by Gasteiger charge is -2.27. The van der Waals surface area contributed by atoms with E-state index in [4.69, 9.17) is 10.7 Å². The Bertz CT molecular complexity index is 665. The van der Waals surface area contributed by atoms with Crippen molar-refractivity contribution in [3.8, 4) is 10.6 Å². The first-order valence-electron chi connectivity index (χ1n) is 8.32. The van der Waals surface area contributed by atoms with Crippen LogP contribution in [-0.4, -0.2) is 24.0 Å². The van der Waals surface area contributed by atoms with Gasteiger partial charge in [0.2, 0.25) is 5.91 Å². The molecule has 5 heteroatoms. The summed E-state index contributed by atoms with van der Waals surface area (Å²) in [7, 11) is 0. The Morgan fingerprint density at radius 3 is 2.87 bits per heavy atom. The Balaban J connectivity index is 1.65. The van der Waals surface area contributed by atoms with E-state index in [1.54, 1.807) is 11.3 Å². The molecule has 1 aromatic heterocycles. The number of quaternary nitrogens is 1. The number of hydrogen-bond acceptors (Lipinski definition) is 3. The molecule has 1 saturated heterocycles. The van der Waals surface area contributed by atoms with E-state index in [-0.39, 0.29) is 11.8 Å². The zero-order valence-electron chi connectivity index (χ0n) is 13.5. The van der Waals surface area contributed by atoms with Crippen molar-refractivity contribution in [2.45, 2.75) is 32.7 Å².